The second-order valence-corrected chi connectivity index (χ2v) is 5.92. The number of nitrogens with one attached hydrogen (secondary N) is 1. The van der Waals surface area contributed by atoms with E-state index in [0.29, 0.717) is 5.41 Å². The van der Waals surface area contributed by atoms with Gasteiger partial charge >= 0.3 is 0 Å². The van der Waals surface area contributed by atoms with E-state index in [4.69, 9.17) is 11.6 Å². The second kappa shape index (κ2) is 6.47. The van der Waals surface area contributed by atoms with Gasteiger partial charge in [-0.15, -0.1) is 11.6 Å². The Balaban J connectivity index is 3.55. The first kappa shape index (κ1) is 14.0. The minimum absolute atomic E-state index is 0.237. The van der Waals surface area contributed by atoms with E-state index in [1.165, 1.54) is 5.57 Å². The first-order valence-electron chi connectivity index (χ1n) is 5.29. The molecular formula is C12H24ClN. The van der Waals surface area contributed by atoms with E-state index in [1.807, 2.05) is 0 Å². The third-order valence-corrected chi connectivity index (χ3v) is 2.16. The molecule has 1 nitrogen and oxygen atoms in total. The van der Waals surface area contributed by atoms with E-state index in [0.717, 1.165) is 19.5 Å². The van der Waals surface area contributed by atoms with E-state index >= 15 is 0 Å². The average Bonchev–Trinajstić information content (AvgIpc) is 1.94. The van der Waals surface area contributed by atoms with Gasteiger partial charge in [0.1, 0.15) is 0 Å². The topological polar surface area (TPSA) is 12.0 Å². The smallest absolute Gasteiger partial charge is 0.0465 e. The SMILES string of the molecule is CC(C)=CCNCC(Cl)CC(C)(C)C. The van der Waals surface area contributed by atoms with Gasteiger partial charge < -0.3 is 5.32 Å². The molecule has 0 spiro atoms. The Morgan fingerprint density at radius 1 is 1.36 bits per heavy atom. The fraction of sp³-hybridized carbons (Fsp3) is 0.833. The van der Waals surface area contributed by atoms with Gasteiger partial charge in [-0.3, -0.25) is 0 Å². The Morgan fingerprint density at radius 3 is 2.36 bits per heavy atom. The van der Waals surface area contributed by atoms with Crippen molar-refractivity contribution in [3.63, 3.8) is 0 Å². The van der Waals surface area contributed by atoms with E-state index < -0.39 is 0 Å². The molecule has 1 N–H and O–H groups in total. The van der Waals surface area contributed by atoms with Gasteiger partial charge in [0.05, 0.1) is 0 Å². The fourth-order valence-electron chi connectivity index (χ4n) is 1.25. The Hall–Kier alpha value is -0.0100. The summed E-state index contributed by atoms with van der Waals surface area (Å²) in [7, 11) is 0. The Morgan fingerprint density at radius 2 is 1.93 bits per heavy atom. The van der Waals surface area contributed by atoms with Gasteiger partial charge in [-0.05, 0) is 25.7 Å². The molecule has 0 rings (SSSR count). The van der Waals surface area contributed by atoms with Gasteiger partial charge in [0, 0.05) is 18.5 Å². The Labute approximate surface area is 93.9 Å². The zero-order valence-electron chi connectivity index (χ0n) is 10.2. The maximum Gasteiger partial charge on any atom is 0.0465 e. The molecule has 0 aromatic rings. The maximum atomic E-state index is 6.20. The van der Waals surface area contributed by atoms with Crippen LogP contribution in [0.2, 0.25) is 0 Å². The van der Waals surface area contributed by atoms with Crippen LogP contribution in [-0.2, 0) is 0 Å². The molecule has 84 valence electrons. The molecule has 1 unspecified atom stereocenters. The molecule has 0 amide bonds. The van der Waals surface area contributed by atoms with Crippen LogP contribution in [0.15, 0.2) is 11.6 Å². The molecule has 2 heteroatoms. The first-order chi connectivity index (χ1) is 6.31. The minimum Gasteiger partial charge on any atom is -0.312 e. The lowest BCUT2D eigenvalue weighted by Gasteiger charge is -2.21. The molecule has 0 bridgehead atoms. The molecule has 0 aromatic heterocycles. The van der Waals surface area contributed by atoms with Gasteiger partial charge in [0.15, 0.2) is 0 Å². The lowest BCUT2D eigenvalue weighted by atomic mass is 9.90. The van der Waals surface area contributed by atoms with Crippen molar-refractivity contribution in [3.05, 3.63) is 11.6 Å². The highest BCUT2D eigenvalue weighted by Gasteiger charge is 2.15. The third-order valence-electron chi connectivity index (χ3n) is 1.85. The van der Waals surface area contributed by atoms with Crippen molar-refractivity contribution < 1.29 is 0 Å². The van der Waals surface area contributed by atoms with Crippen LogP contribution in [0, 0.1) is 5.41 Å². The summed E-state index contributed by atoms with van der Waals surface area (Å²) >= 11 is 6.20. The molecular weight excluding hydrogens is 194 g/mol. The van der Waals surface area contributed by atoms with E-state index in [1.54, 1.807) is 0 Å². The van der Waals surface area contributed by atoms with Crippen LogP contribution in [0.3, 0.4) is 0 Å². The van der Waals surface area contributed by atoms with Gasteiger partial charge in [-0.25, -0.2) is 0 Å². The van der Waals surface area contributed by atoms with Crippen LogP contribution in [0.1, 0.15) is 41.0 Å². The molecule has 0 saturated carbocycles. The zero-order valence-corrected chi connectivity index (χ0v) is 10.9. The lowest BCUT2D eigenvalue weighted by molar-refractivity contribution is 0.366. The van der Waals surface area contributed by atoms with Crippen LogP contribution in [-0.4, -0.2) is 18.5 Å². The van der Waals surface area contributed by atoms with Crippen molar-refractivity contribution in [2.75, 3.05) is 13.1 Å². The largest absolute Gasteiger partial charge is 0.312 e. The molecule has 0 aliphatic carbocycles. The summed E-state index contributed by atoms with van der Waals surface area (Å²) in [4.78, 5) is 0. The van der Waals surface area contributed by atoms with Crippen molar-refractivity contribution in [1.29, 1.82) is 0 Å². The highest BCUT2D eigenvalue weighted by molar-refractivity contribution is 6.20. The van der Waals surface area contributed by atoms with Crippen molar-refractivity contribution >= 4 is 11.6 Å². The Bertz CT molecular complexity index is 175. The summed E-state index contributed by atoms with van der Waals surface area (Å²) in [6, 6.07) is 0. The van der Waals surface area contributed by atoms with E-state index in [2.05, 4.69) is 46.0 Å². The standard InChI is InChI=1S/C12H24ClN/c1-10(2)6-7-14-9-11(13)8-12(3,4)5/h6,11,14H,7-9H2,1-5H3. The molecule has 1 atom stereocenters. The lowest BCUT2D eigenvalue weighted by Crippen LogP contribution is -2.26. The van der Waals surface area contributed by atoms with Crippen LogP contribution in [0.5, 0.6) is 0 Å². The first-order valence-corrected chi connectivity index (χ1v) is 5.73. The van der Waals surface area contributed by atoms with Gasteiger partial charge in [0.25, 0.3) is 0 Å². The molecule has 14 heavy (non-hydrogen) atoms. The van der Waals surface area contributed by atoms with Crippen LogP contribution >= 0.6 is 11.6 Å². The van der Waals surface area contributed by atoms with E-state index in [-0.39, 0.29) is 5.38 Å². The second-order valence-electron chi connectivity index (χ2n) is 5.30. The summed E-state index contributed by atoms with van der Waals surface area (Å²) < 4.78 is 0. The van der Waals surface area contributed by atoms with Crippen molar-refractivity contribution in [3.8, 4) is 0 Å². The number of hydrogen-bond donors (Lipinski definition) is 1. The predicted octanol–water partition coefficient (Wildman–Crippen LogP) is 3.59. The normalized spacial score (nSPS) is 13.9. The summed E-state index contributed by atoms with van der Waals surface area (Å²) in [5.41, 5.74) is 1.67. The molecule has 0 aromatic carbocycles. The summed E-state index contributed by atoms with van der Waals surface area (Å²) in [6.45, 7) is 12.7. The average molecular weight is 218 g/mol. The molecule has 0 heterocycles. The summed E-state index contributed by atoms with van der Waals surface area (Å²) in [6.07, 6.45) is 3.23. The molecule has 0 aliphatic rings. The zero-order chi connectivity index (χ0) is 11.2. The highest BCUT2D eigenvalue weighted by atomic mass is 35.5. The predicted molar refractivity (Wildman–Crippen MR) is 66.0 cm³/mol. The number of alkyl halides is 1. The van der Waals surface area contributed by atoms with E-state index in [9.17, 15) is 0 Å². The molecule has 0 aliphatic heterocycles. The molecule has 0 radical (unpaired) electrons. The van der Waals surface area contributed by atoms with Gasteiger partial charge in [0.2, 0.25) is 0 Å². The van der Waals surface area contributed by atoms with Crippen molar-refractivity contribution in [2.45, 2.75) is 46.4 Å². The minimum atomic E-state index is 0.237. The highest BCUT2D eigenvalue weighted by Crippen LogP contribution is 2.23. The maximum absolute atomic E-state index is 6.20. The summed E-state index contributed by atoms with van der Waals surface area (Å²) in [5.74, 6) is 0. The monoisotopic (exact) mass is 217 g/mol. The quantitative estimate of drug-likeness (QED) is 0.422. The van der Waals surface area contributed by atoms with Crippen LogP contribution in [0.4, 0.5) is 0 Å². The Kier molecular flexibility index (Phi) is 6.46. The number of rotatable bonds is 5. The number of allylic oxidation sites excluding steroid dienone is 1. The van der Waals surface area contributed by atoms with Crippen LogP contribution in [0.25, 0.3) is 0 Å². The van der Waals surface area contributed by atoms with Gasteiger partial charge in [-0.2, -0.15) is 0 Å². The summed E-state index contributed by atoms with van der Waals surface area (Å²) in [5, 5.41) is 3.57. The van der Waals surface area contributed by atoms with Gasteiger partial charge in [-0.1, -0.05) is 32.4 Å². The molecule has 0 saturated heterocycles. The number of halogens is 1. The van der Waals surface area contributed by atoms with Crippen LogP contribution < -0.4 is 5.32 Å². The number of hydrogen-bond acceptors (Lipinski definition) is 1. The van der Waals surface area contributed by atoms with Crippen molar-refractivity contribution in [1.82, 2.24) is 5.32 Å². The van der Waals surface area contributed by atoms with Crippen molar-refractivity contribution in [2.24, 2.45) is 5.41 Å². The third kappa shape index (κ3) is 10.1. The fourth-order valence-corrected chi connectivity index (χ4v) is 1.82. The molecule has 0 fully saturated rings.